The minimum atomic E-state index is -0.0152. The molecule has 0 N–H and O–H groups in total. The van der Waals surface area contributed by atoms with Crippen LogP contribution in [0.2, 0.25) is 0 Å². The number of benzene rings is 2. The predicted molar refractivity (Wildman–Crippen MR) is 135 cm³/mol. The zero-order chi connectivity index (χ0) is 23.5. The van der Waals surface area contributed by atoms with Crippen molar-refractivity contribution in [2.45, 2.75) is 25.7 Å². The minimum absolute atomic E-state index is 0.0152. The Bertz CT molecular complexity index is 1130. The maximum atomic E-state index is 13.9. The van der Waals surface area contributed by atoms with E-state index in [0.29, 0.717) is 17.4 Å². The first kappa shape index (κ1) is 23.1. The van der Waals surface area contributed by atoms with Gasteiger partial charge in [0.05, 0.1) is 27.4 Å². The fraction of sp³-hybridized carbons (Fsp3) is 0.462. The van der Waals surface area contributed by atoms with Gasteiger partial charge in [-0.25, -0.2) is 4.98 Å². The number of hydrogen-bond acceptors (Lipinski definition) is 7. The molecule has 7 nitrogen and oxygen atoms in total. The molecule has 0 spiro atoms. The summed E-state index contributed by atoms with van der Waals surface area (Å²) in [5, 5.41) is 0.661. The molecule has 1 aliphatic heterocycles. The lowest BCUT2D eigenvalue weighted by molar-refractivity contribution is 0.0391. The van der Waals surface area contributed by atoms with Gasteiger partial charge >= 0.3 is 0 Å². The van der Waals surface area contributed by atoms with E-state index in [-0.39, 0.29) is 5.91 Å². The average molecular weight is 482 g/mol. The minimum Gasteiger partial charge on any atom is -0.495 e. The van der Waals surface area contributed by atoms with E-state index in [9.17, 15) is 4.79 Å². The molecule has 34 heavy (non-hydrogen) atoms. The van der Waals surface area contributed by atoms with Crippen LogP contribution in [-0.4, -0.2) is 69.4 Å². The zero-order valence-electron chi connectivity index (χ0n) is 19.8. The molecule has 3 aromatic rings. The topological polar surface area (TPSA) is 64.1 Å². The number of rotatable bonds is 7. The normalized spacial score (nSPS) is 16.3. The number of thiazole rings is 1. The fourth-order valence-electron chi connectivity index (χ4n) is 4.76. The Kier molecular flexibility index (Phi) is 6.99. The Balaban J connectivity index is 1.51. The van der Waals surface area contributed by atoms with Crippen molar-refractivity contribution in [1.29, 1.82) is 0 Å². The lowest BCUT2D eigenvalue weighted by Crippen LogP contribution is -2.43. The van der Waals surface area contributed by atoms with Gasteiger partial charge in [-0.2, -0.15) is 0 Å². The molecule has 2 heterocycles. The average Bonchev–Trinajstić information content (AvgIpc) is 3.33. The molecule has 0 atom stereocenters. The summed E-state index contributed by atoms with van der Waals surface area (Å²) >= 11 is 1.47. The molecule has 0 radical (unpaired) electrons. The van der Waals surface area contributed by atoms with Crippen LogP contribution in [0.1, 0.15) is 34.3 Å². The van der Waals surface area contributed by atoms with Crippen molar-refractivity contribution in [3.63, 3.8) is 0 Å². The molecule has 0 unspecified atom stereocenters. The zero-order valence-corrected chi connectivity index (χ0v) is 20.7. The number of carbonyl (C=O) groups is 1. The van der Waals surface area contributed by atoms with Gasteiger partial charge in [0.2, 0.25) is 0 Å². The second-order valence-electron chi connectivity index (χ2n) is 8.75. The van der Waals surface area contributed by atoms with Crippen LogP contribution in [0.4, 0.5) is 5.13 Å². The summed E-state index contributed by atoms with van der Waals surface area (Å²) in [6.45, 7) is 4.54. The van der Waals surface area contributed by atoms with Gasteiger partial charge in [0.15, 0.2) is 5.13 Å². The number of anilines is 1. The maximum absolute atomic E-state index is 13.9. The predicted octanol–water partition coefficient (Wildman–Crippen LogP) is 4.17. The molecule has 2 aliphatic rings. The fourth-order valence-corrected chi connectivity index (χ4v) is 5.86. The maximum Gasteiger partial charge on any atom is 0.260 e. The van der Waals surface area contributed by atoms with Crippen molar-refractivity contribution in [2.75, 3.05) is 58.5 Å². The van der Waals surface area contributed by atoms with E-state index in [1.165, 1.54) is 35.3 Å². The lowest BCUT2D eigenvalue weighted by atomic mass is 9.90. The van der Waals surface area contributed by atoms with Gasteiger partial charge in [0.1, 0.15) is 21.7 Å². The Hall–Kier alpha value is -2.68. The standard InChI is InChI=1S/C26H31N3O4S/c1-31-21-9-10-22(32-2)24-23(21)27-26(34-24)29(12-11-28-13-15-33-16-14-28)25(30)20-8-7-18-5-3-4-6-19(18)17-20/h7-10,17H,3-6,11-16H2,1-2H3. The van der Waals surface area contributed by atoms with Crippen LogP contribution in [0, 0.1) is 0 Å². The van der Waals surface area contributed by atoms with E-state index in [4.69, 9.17) is 19.2 Å². The van der Waals surface area contributed by atoms with Crippen molar-refractivity contribution in [3.8, 4) is 11.5 Å². The van der Waals surface area contributed by atoms with Crippen LogP contribution in [0.25, 0.3) is 10.2 Å². The second-order valence-corrected chi connectivity index (χ2v) is 9.72. The summed E-state index contributed by atoms with van der Waals surface area (Å²) in [4.78, 5) is 22.9. The van der Waals surface area contributed by atoms with Gasteiger partial charge in [-0.05, 0) is 61.1 Å². The highest BCUT2D eigenvalue weighted by Crippen LogP contribution is 2.40. The van der Waals surface area contributed by atoms with Gasteiger partial charge in [0.25, 0.3) is 5.91 Å². The Morgan fingerprint density at radius 1 is 1.06 bits per heavy atom. The molecule has 1 saturated heterocycles. The van der Waals surface area contributed by atoms with Crippen LogP contribution >= 0.6 is 11.3 Å². The molecular weight excluding hydrogens is 450 g/mol. The Labute approximate surface area is 204 Å². The van der Waals surface area contributed by atoms with Crippen molar-refractivity contribution in [1.82, 2.24) is 9.88 Å². The summed E-state index contributed by atoms with van der Waals surface area (Å²) in [6, 6.07) is 9.93. The van der Waals surface area contributed by atoms with E-state index >= 15 is 0 Å². The lowest BCUT2D eigenvalue weighted by Gasteiger charge is -2.29. The first-order valence-electron chi connectivity index (χ1n) is 11.9. The molecule has 1 aromatic heterocycles. The quantitative estimate of drug-likeness (QED) is 0.505. The van der Waals surface area contributed by atoms with Crippen LogP contribution < -0.4 is 14.4 Å². The second kappa shape index (κ2) is 10.3. The van der Waals surface area contributed by atoms with Crippen LogP contribution in [0.15, 0.2) is 30.3 Å². The molecule has 0 bridgehead atoms. The molecular formula is C26H31N3O4S. The number of nitrogens with zero attached hydrogens (tertiary/aromatic N) is 3. The molecule has 1 aliphatic carbocycles. The monoisotopic (exact) mass is 481 g/mol. The molecule has 180 valence electrons. The highest BCUT2D eigenvalue weighted by molar-refractivity contribution is 7.22. The molecule has 5 rings (SSSR count). The number of ether oxygens (including phenoxy) is 3. The summed E-state index contributed by atoms with van der Waals surface area (Å²) in [5.74, 6) is 1.39. The van der Waals surface area contributed by atoms with Gasteiger partial charge < -0.3 is 14.2 Å². The number of hydrogen-bond donors (Lipinski definition) is 0. The van der Waals surface area contributed by atoms with E-state index in [1.54, 1.807) is 14.2 Å². The first-order chi connectivity index (χ1) is 16.7. The van der Waals surface area contributed by atoms with Gasteiger partial charge in [-0.1, -0.05) is 17.4 Å². The number of aromatic nitrogens is 1. The number of fused-ring (bicyclic) bond motifs is 2. The number of carbonyl (C=O) groups excluding carboxylic acids is 1. The highest BCUT2D eigenvalue weighted by Gasteiger charge is 2.25. The van der Waals surface area contributed by atoms with Gasteiger partial charge in [-0.15, -0.1) is 0 Å². The number of aryl methyl sites for hydroxylation is 2. The number of morpholine rings is 1. The Morgan fingerprint density at radius 3 is 2.56 bits per heavy atom. The van der Waals surface area contributed by atoms with Crippen molar-refractivity contribution >= 4 is 32.6 Å². The Morgan fingerprint density at radius 2 is 1.79 bits per heavy atom. The summed E-state index contributed by atoms with van der Waals surface area (Å²) in [7, 11) is 3.28. The molecule has 2 aromatic carbocycles. The van der Waals surface area contributed by atoms with Gasteiger partial charge in [0, 0.05) is 31.7 Å². The molecule has 0 saturated carbocycles. The van der Waals surface area contributed by atoms with Crippen LogP contribution in [0.3, 0.4) is 0 Å². The summed E-state index contributed by atoms with van der Waals surface area (Å²) in [5.41, 5.74) is 4.12. The van der Waals surface area contributed by atoms with Crippen molar-refractivity contribution in [2.24, 2.45) is 0 Å². The third-order valence-electron chi connectivity index (χ3n) is 6.71. The molecule has 1 amide bonds. The van der Waals surface area contributed by atoms with Crippen molar-refractivity contribution < 1.29 is 19.0 Å². The van der Waals surface area contributed by atoms with E-state index in [1.807, 2.05) is 23.1 Å². The van der Waals surface area contributed by atoms with Crippen LogP contribution in [-0.2, 0) is 17.6 Å². The summed E-state index contributed by atoms with van der Waals surface area (Å²) in [6.07, 6.45) is 4.55. The first-order valence-corrected chi connectivity index (χ1v) is 12.7. The summed E-state index contributed by atoms with van der Waals surface area (Å²) < 4.78 is 17.5. The van der Waals surface area contributed by atoms with E-state index in [0.717, 1.165) is 67.2 Å². The van der Waals surface area contributed by atoms with Crippen LogP contribution in [0.5, 0.6) is 11.5 Å². The smallest absolute Gasteiger partial charge is 0.260 e. The number of amides is 1. The van der Waals surface area contributed by atoms with Gasteiger partial charge in [-0.3, -0.25) is 14.6 Å². The number of methoxy groups -OCH3 is 2. The third kappa shape index (κ3) is 4.62. The largest absolute Gasteiger partial charge is 0.495 e. The molecule has 1 fully saturated rings. The van der Waals surface area contributed by atoms with E-state index in [2.05, 4.69) is 17.0 Å². The molecule has 8 heteroatoms. The third-order valence-corrected chi connectivity index (χ3v) is 7.81. The SMILES string of the molecule is COc1ccc(OC)c2sc(N(CCN3CCOCC3)C(=O)c3ccc4c(c3)CCCC4)nc12. The highest BCUT2D eigenvalue weighted by atomic mass is 32.1. The van der Waals surface area contributed by atoms with Crippen molar-refractivity contribution in [3.05, 3.63) is 47.0 Å². The van der Waals surface area contributed by atoms with E-state index < -0.39 is 0 Å².